The first-order valence-electron chi connectivity index (χ1n) is 5.88. The minimum absolute atomic E-state index is 0.215. The highest BCUT2D eigenvalue weighted by Crippen LogP contribution is 2.18. The third-order valence-corrected chi connectivity index (χ3v) is 3.10. The zero-order valence-corrected chi connectivity index (χ0v) is 10.8. The molecule has 3 nitrogen and oxygen atoms in total. The third kappa shape index (κ3) is 5.50. The standard InChI is InChI=1S/C12H27NO2/c1-10(2)12(5,15)9-13(11(3)4)7-6-8-14/h10-11,14-15H,6-9H2,1-5H3. The van der Waals surface area contributed by atoms with Gasteiger partial charge in [0.2, 0.25) is 0 Å². The van der Waals surface area contributed by atoms with Crippen LogP contribution in [-0.2, 0) is 0 Å². The van der Waals surface area contributed by atoms with Crippen LogP contribution in [0.1, 0.15) is 41.0 Å². The van der Waals surface area contributed by atoms with Gasteiger partial charge in [-0.05, 0) is 33.1 Å². The van der Waals surface area contributed by atoms with E-state index in [2.05, 4.69) is 18.7 Å². The Hall–Kier alpha value is -0.120. The van der Waals surface area contributed by atoms with Gasteiger partial charge in [0.15, 0.2) is 0 Å². The second kappa shape index (κ2) is 6.46. The molecule has 0 aliphatic rings. The van der Waals surface area contributed by atoms with Crippen molar-refractivity contribution in [3.8, 4) is 0 Å². The molecule has 0 saturated heterocycles. The average Bonchev–Trinajstić information content (AvgIpc) is 2.11. The molecule has 0 fully saturated rings. The van der Waals surface area contributed by atoms with Crippen molar-refractivity contribution >= 4 is 0 Å². The average molecular weight is 217 g/mol. The van der Waals surface area contributed by atoms with Gasteiger partial charge in [-0.3, -0.25) is 4.90 Å². The monoisotopic (exact) mass is 217 g/mol. The van der Waals surface area contributed by atoms with E-state index in [1.54, 1.807) is 0 Å². The first-order valence-corrected chi connectivity index (χ1v) is 5.88. The molecule has 0 rings (SSSR count). The minimum atomic E-state index is -0.653. The fourth-order valence-corrected chi connectivity index (χ4v) is 1.39. The van der Waals surface area contributed by atoms with Crippen LogP contribution in [-0.4, -0.2) is 46.5 Å². The van der Waals surface area contributed by atoms with Crippen molar-refractivity contribution in [3.63, 3.8) is 0 Å². The van der Waals surface area contributed by atoms with Gasteiger partial charge in [0.05, 0.1) is 5.60 Å². The minimum Gasteiger partial charge on any atom is -0.396 e. The third-order valence-electron chi connectivity index (χ3n) is 3.10. The second-order valence-electron chi connectivity index (χ2n) is 5.15. The van der Waals surface area contributed by atoms with Crippen LogP contribution in [0, 0.1) is 5.92 Å². The molecule has 0 radical (unpaired) electrons. The van der Waals surface area contributed by atoms with Crippen molar-refractivity contribution in [1.82, 2.24) is 4.90 Å². The molecule has 2 N–H and O–H groups in total. The van der Waals surface area contributed by atoms with Crippen molar-refractivity contribution < 1.29 is 10.2 Å². The summed E-state index contributed by atoms with van der Waals surface area (Å²) in [6, 6.07) is 0.404. The van der Waals surface area contributed by atoms with Crippen molar-refractivity contribution in [2.24, 2.45) is 5.92 Å². The van der Waals surface area contributed by atoms with E-state index in [0.717, 1.165) is 13.0 Å². The molecule has 1 unspecified atom stereocenters. The van der Waals surface area contributed by atoms with Gasteiger partial charge in [-0.1, -0.05) is 13.8 Å². The van der Waals surface area contributed by atoms with Crippen LogP contribution in [0.4, 0.5) is 0 Å². The molecule has 0 aliphatic carbocycles. The molecule has 0 spiro atoms. The van der Waals surface area contributed by atoms with E-state index >= 15 is 0 Å². The number of aliphatic hydroxyl groups is 2. The predicted octanol–water partition coefficient (Wildman–Crippen LogP) is 1.49. The quantitative estimate of drug-likeness (QED) is 0.679. The highest BCUT2D eigenvalue weighted by Gasteiger charge is 2.28. The number of rotatable bonds is 7. The van der Waals surface area contributed by atoms with Crippen molar-refractivity contribution in [2.45, 2.75) is 52.7 Å². The number of nitrogens with zero attached hydrogens (tertiary/aromatic N) is 1. The van der Waals surface area contributed by atoms with Gasteiger partial charge in [0.25, 0.3) is 0 Å². The van der Waals surface area contributed by atoms with Crippen LogP contribution in [0.5, 0.6) is 0 Å². The lowest BCUT2D eigenvalue weighted by Gasteiger charge is -2.36. The van der Waals surface area contributed by atoms with Gasteiger partial charge in [-0.15, -0.1) is 0 Å². The summed E-state index contributed by atoms with van der Waals surface area (Å²) in [5.41, 5.74) is -0.653. The fourth-order valence-electron chi connectivity index (χ4n) is 1.39. The van der Waals surface area contributed by atoms with E-state index in [-0.39, 0.29) is 12.5 Å². The normalized spacial score (nSPS) is 16.4. The summed E-state index contributed by atoms with van der Waals surface area (Å²) in [6.07, 6.45) is 0.770. The Balaban J connectivity index is 4.27. The first-order chi connectivity index (χ1) is 6.81. The Labute approximate surface area is 94.1 Å². The van der Waals surface area contributed by atoms with E-state index in [1.165, 1.54) is 0 Å². The topological polar surface area (TPSA) is 43.7 Å². The molecule has 0 heterocycles. The maximum Gasteiger partial charge on any atom is 0.0768 e. The Bertz CT molecular complexity index is 167. The predicted molar refractivity (Wildman–Crippen MR) is 63.9 cm³/mol. The molecule has 3 heteroatoms. The molecule has 0 aromatic rings. The number of aliphatic hydroxyl groups excluding tert-OH is 1. The Morgan fingerprint density at radius 2 is 1.73 bits per heavy atom. The van der Waals surface area contributed by atoms with Gasteiger partial charge in [-0.25, -0.2) is 0 Å². The summed E-state index contributed by atoms with van der Waals surface area (Å²) < 4.78 is 0. The van der Waals surface area contributed by atoms with E-state index in [4.69, 9.17) is 5.11 Å². The van der Waals surface area contributed by atoms with Crippen LogP contribution in [0.2, 0.25) is 0 Å². The van der Waals surface area contributed by atoms with Crippen LogP contribution in [0.3, 0.4) is 0 Å². The highest BCUT2D eigenvalue weighted by atomic mass is 16.3. The van der Waals surface area contributed by atoms with E-state index in [9.17, 15) is 5.11 Å². The van der Waals surface area contributed by atoms with Crippen molar-refractivity contribution in [3.05, 3.63) is 0 Å². The van der Waals surface area contributed by atoms with Crippen molar-refractivity contribution in [1.29, 1.82) is 0 Å². The van der Waals surface area contributed by atoms with Crippen LogP contribution in [0.25, 0.3) is 0 Å². The molecule has 1 atom stereocenters. The summed E-state index contributed by atoms with van der Waals surface area (Å²) in [4.78, 5) is 2.22. The highest BCUT2D eigenvalue weighted by molar-refractivity contribution is 4.81. The molecule has 0 aromatic carbocycles. The van der Waals surface area contributed by atoms with Gasteiger partial charge in [0.1, 0.15) is 0 Å². The molecule has 0 bridgehead atoms. The Morgan fingerprint density at radius 1 is 1.20 bits per heavy atom. The summed E-state index contributed by atoms with van der Waals surface area (Å²) in [5, 5.41) is 19.0. The summed E-state index contributed by atoms with van der Waals surface area (Å²) in [7, 11) is 0. The molecule has 0 aliphatic heterocycles. The summed E-state index contributed by atoms with van der Waals surface area (Å²) in [6.45, 7) is 11.9. The second-order valence-corrected chi connectivity index (χ2v) is 5.15. The maximum absolute atomic E-state index is 10.2. The fraction of sp³-hybridized carbons (Fsp3) is 1.00. The largest absolute Gasteiger partial charge is 0.396 e. The summed E-state index contributed by atoms with van der Waals surface area (Å²) in [5.74, 6) is 0.243. The molecule has 0 aromatic heterocycles. The molecule has 15 heavy (non-hydrogen) atoms. The smallest absolute Gasteiger partial charge is 0.0768 e. The van der Waals surface area contributed by atoms with Gasteiger partial charge in [-0.2, -0.15) is 0 Å². The molecular formula is C12H27NO2. The Morgan fingerprint density at radius 3 is 2.07 bits per heavy atom. The zero-order valence-electron chi connectivity index (χ0n) is 10.8. The lowest BCUT2D eigenvalue weighted by Crippen LogP contribution is -2.47. The van der Waals surface area contributed by atoms with E-state index < -0.39 is 5.60 Å². The molecule has 0 saturated carbocycles. The van der Waals surface area contributed by atoms with E-state index in [0.29, 0.717) is 12.6 Å². The van der Waals surface area contributed by atoms with Crippen LogP contribution in [0.15, 0.2) is 0 Å². The first kappa shape index (κ1) is 14.9. The zero-order chi connectivity index (χ0) is 12.1. The summed E-state index contributed by atoms with van der Waals surface area (Å²) >= 11 is 0. The molecular weight excluding hydrogens is 190 g/mol. The van der Waals surface area contributed by atoms with Gasteiger partial charge >= 0.3 is 0 Å². The van der Waals surface area contributed by atoms with Crippen LogP contribution < -0.4 is 0 Å². The number of hydrogen-bond acceptors (Lipinski definition) is 3. The molecule has 0 amide bonds. The van der Waals surface area contributed by atoms with Crippen molar-refractivity contribution in [2.75, 3.05) is 19.7 Å². The Kier molecular flexibility index (Phi) is 6.41. The lowest BCUT2D eigenvalue weighted by atomic mass is 9.91. The van der Waals surface area contributed by atoms with Crippen LogP contribution >= 0.6 is 0 Å². The SMILES string of the molecule is CC(C)N(CCCO)CC(C)(O)C(C)C. The number of hydrogen-bond donors (Lipinski definition) is 2. The van der Waals surface area contributed by atoms with Gasteiger partial charge < -0.3 is 10.2 Å². The molecule has 92 valence electrons. The lowest BCUT2D eigenvalue weighted by molar-refractivity contribution is -0.0270. The van der Waals surface area contributed by atoms with Gasteiger partial charge in [0, 0.05) is 25.7 Å². The maximum atomic E-state index is 10.2. The van der Waals surface area contributed by atoms with E-state index in [1.807, 2.05) is 20.8 Å².